The Kier molecular flexibility index (Phi) is 13.1. The molecule has 1 aromatic rings. The number of methoxy groups -OCH3 is 1. The van der Waals surface area contributed by atoms with Crippen molar-refractivity contribution in [3.8, 4) is 11.5 Å². The number of hydrogen-bond donors (Lipinski definition) is 1. The van der Waals surface area contributed by atoms with Gasteiger partial charge in [-0.3, -0.25) is 14.4 Å². The van der Waals surface area contributed by atoms with Gasteiger partial charge in [0.05, 0.1) is 31.2 Å². The first-order chi connectivity index (χ1) is 18.5. The van der Waals surface area contributed by atoms with Crippen LogP contribution in [0.25, 0.3) is 0 Å². The molecule has 226 valence electrons. The predicted octanol–water partition coefficient (Wildman–Crippen LogP) is 5.37. The van der Waals surface area contributed by atoms with Crippen LogP contribution >= 0.6 is 0 Å². The molecule has 0 radical (unpaired) electrons. The second-order valence-corrected chi connectivity index (χ2v) is 11.7. The van der Waals surface area contributed by atoms with Gasteiger partial charge in [0.15, 0.2) is 11.5 Å². The number of nitrogens with two attached hydrogens (primary N) is 1. The van der Waals surface area contributed by atoms with Crippen molar-refractivity contribution >= 4 is 24.1 Å². The lowest BCUT2D eigenvalue weighted by Gasteiger charge is -2.27. The van der Waals surface area contributed by atoms with E-state index >= 15 is 0 Å². The van der Waals surface area contributed by atoms with Crippen molar-refractivity contribution in [2.45, 2.75) is 93.0 Å². The zero-order valence-corrected chi connectivity index (χ0v) is 25.5. The van der Waals surface area contributed by atoms with Crippen LogP contribution in [0.5, 0.6) is 11.5 Å². The maximum Gasteiger partial charge on any atom is 0.508 e. The van der Waals surface area contributed by atoms with Crippen molar-refractivity contribution in [2.24, 2.45) is 22.5 Å². The first-order valence-electron chi connectivity index (χ1n) is 13.8. The number of carbonyl (C=O) groups is 4. The van der Waals surface area contributed by atoms with Gasteiger partial charge in [-0.15, -0.1) is 0 Å². The van der Waals surface area contributed by atoms with E-state index in [9.17, 15) is 19.2 Å². The highest BCUT2D eigenvalue weighted by atomic mass is 16.7. The summed E-state index contributed by atoms with van der Waals surface area (Å²) in [6, 6.07) is 4.63. The van der Waals surface area contributed by atoms with Crippen LogP contribution in [0.15, 0.2) is 18.2 Å². The molecule has 0 amide bonds. The Morgan fingerprint density at radius 2 is 1.35 bits per heavy atom. The van der Waals surface area contributed by atoms with Crippen LogP contribution in [-0.2, 0) is 35.0 Å². The molecule has 0 spiro atoms. The van der Waals surface area contributed by atoms with E-state index in [4.69, 9.17) is 29.4 Å². The van der Waals surface area contributed by atoms with Crippen LogP contribution in [-0.4, -0.2) is 49.9 Å². The first kappa shape index (κ1) is 34.9. The van der Waals surface area contributed by atoms with Crippen molar-refractivity contribution in [1.29, 1.82) is 0 Å². The van der Waals surface area contributed by atoms with Crippen molar-refractivity contribution in [3.63, 3.8) is 0 Å². The van der Waals surface area contributed by atoms with E-state index < -0.39 is 40.4 Å². The molecule has 10 heteroatoms. The molecule has 0 aliphatic carbocycles. The molecule has 1 atom stereocenters. The Labute approximate surface area is 238 Å². The number of esters is 3. The van der Waals surface area contributed by atoms with Crippen molar-refractivity contribution < 1.29 is 42.9 Å². The summed E-state index contributed by atoms with van der Waals surface area (Å²) in [5.74, 6) is -1.22. The summed E-state index contributed by atoms with van der Waals surface area (Å²) in [6.07, 6.45) is 0.825. The molecule has 0 heterocycles. The molecule has 0 saturated carbocycles. The fourth-order valence-corrected chi connectivity index (χ4v) is 3.16. The third-order valence-corrected chi connectivity index (χ3v) is 7.08. The molecule has 0 fully saturated rings. The fourth-order valence-electron chi connectivity index (χ4n) is 3.16. The normalized spacial score (nSPS) is 13.3. The van der Waals surface area contributed by atoms with Gasteiger partial charge >= 0.3 is 24.1 Å². The molecule has 1 rings (SSSR count). The van der Waals surface area contributed by atoms with E-state index in [2.05, 4.69) is 0 Å². The lowest BCUT2D eigenvalue weighted by Crippen LogP contribution is -2.51. The Morgan fingerprint density at radius 3 is 1.85 bits per heavy atom. The molecular formula is C30H47NO9. The molecule has 0 unspecified atom stereocenters. The highest BCUT2D eigenvalue weighted by Crippen LogP contribution is 2.35. The molecule has 0 saturated heterocycles. The van der Waals surface area contributed by atoms with Crippen LogP contribution in [0.1, 0.15) is 86.6 Å². The van der Waals surface area contributed by atoms with E-state index in [-0.39, 0.29) is 37.6 Å². The van der Waals surface area contributed by atoms with Gasteiger partial charge in [0.25, 0.3) is 0 Å². The standard InChI is InChI=1S/C30H47NO9/c1-10-28(5,6)24(32)39-22-13-12-21(18-23(22)40-25(33)29(7,8)11-2)19-30(31,26(34)36-9)15-17-38-27(35)37-16-14-20(3)4/h12-13,18,20H,10-11,14-17,19,31H2,1-9H3/t30-/m1/s1. The minimum atomic E-state index is -1.57. The lowest BCUT2D eigenvalue weighted by atomic mass is 9.88. The van der Waals surface area contributed by atoms with Gasteiger partial charge in [-0.1, -0.05) is 33.8 Å². The molecule has 0 bridgehead atoms. The minimum Gasteiger partial charge on any atom is -0.468 e. The fraction of sp³-hybridized carbons (Fsp3) is 0.667. The molecule has 0 aliphatic rings. The summed E-state index contributed by atoms with van der Waals surface area (Å²) < 4.78 is 26.4. The second kappa shape index (κ2) is 15.0. The van der Waals surface area contributed by atoms with Crippen molar-refractivity contribution in [3.05, 3.63) is 23.8 Å². The molecule has 40 heavy (non-hydrogen) atoms. The van der Waals surface area contributed by atoms with Crippen LogP contribution in [0.2, 0.25) is 0 Å². The lowest BCUT2D eigenvalue weighted by molar-refractivity contribution is -0.148. The van der Waals surface area contributed by atoms with Crippen LogP contribution in [0, 0.1) is 16.7 Å². The summed E-state index contributed by atoms with van der Waals surface area (Å²) in [4.78, 5) is 50.2. The Bertz CT molecular complexity index is 1030. The second-order valence-electron chi connectivity index (χ2n) is 11.7. The quantitative estimate of drug-likeness (QED) is 0.218. The van der Waals surface area contributed by atoms with Crippen LogP contribution in [0.4, 0.5) is 4.79 Å². The average Bonchev–Trinajstić information content (AvgIpc) is 2.89. The molecule has 0 aliphatic heterocycles. The topological polar surface area (TPSA) is 140 Å². The zero-order valence-electron chi connectivity index (χ0n) is 25.5. The predicted molar refractivity (Wildman–Crippen MR) is 150 cm³/mol. The third kappa shape index (κ3) is 10.4. The van der Waals surface area contributed by atoms with Gasteiger partial charge in [-0.2, -0.15) is 0 Å². The average molecular weight is 566 g/mol. The number of carbonyl (C=O) groups excluding carboxylic acids is 4. The maximum atomic E-state index is 12.9. The monoisotopic (exact) mass is 565 g/mol. The van der Waals surface area contributed by atoms with Gasteiger partial charge in [0.2, 0.25) is 0 Å². The largest absolute Gasteiger partial charge is 0.508 e. The van der Waals surface area contributed by atoms with Crippen LogP contribution in [0.3, 0.4) is 0 Å². The van der Waals surface area contributed by atoms with E-state index in [1.54, 1.807) is 33.8 Å². The summed E-state index contributed by atoms with van der Waals surface area (Å²) >= 11 is 0. The Morgan fingerprint density at radius 1 is 0.825 bits per heavy atom. The smallest absolute Gasteiger partial charge is 0.468 e. The number of rotatable bonds is 15. The van der Waals surface area contributed by atoms with Crippen molar-refractivity contribution in [2.75, 3.05) is 20.3 Å². The number of hydrogen-bond acceptors (Lipinski definition) is 10. The van der Waals surface area contributed by atoms with E-state index in [0.717, 1.165) is 0 Å². The molecule has 10 nitrogen and oxygen atoms in total. The Balaban J connectivity index is 3.22. The summed E-state index contributed by atoms with van der Waals surface area (Å²) in [6.45, 7) is 14.8. The third-order valence-electron chi connectivity index (χ3n) is 7.08. The summed E-state index contributed by atoms with van der Waals surface area (Å²) in [7, 11) is 1.21. The minimum absolute atomic E-state index is 0.0291. The molecule has 1 aromatic carbocycles. The Hall–Kier alpha value is -3.14. The van der Waals surface area contributed by atoms with Gasteiger partial charge in [-0.05, 0) is 70.6 Å². The summed E-state index contributed by atoms with van der Waals surface area (Å²) in [5.41, 5.74) is 3.85. The highest BCUT2D eigenvalue weighted by molar-refractivity contribution is 5.82. The maximum absolute atomic E-state index is 12.9. The van der Waals surface area contributed by atoms with Crippen LogP contribution < -0.4 is 15.2 Å². The van der Waals surface area contributed by atoms with E-state index in [1.807, 2.05) is 27.7 Å². The van der Waals surface area contributed by atoms with Gasteiger partial charge in [0.1, 0.15) is 5.54 Å². The van der Waals surface area contributed by atoms with Gasteiger partial charge < -0.3 is 29.4 Å². The SMILES string of the molecule is CCC(C)(C)C(=O)Oc1ccc(C[C@](N)(CCOC(=O)OCCC(C)C)C(=O)OC)cc1OC(=O)C(C)(C)CC. The first-order valence-corrected chi connectivity index (χ1v) is 13.8. The van der Waals surface area contributed by atoms with E-state index in [1.165, 1.54) is 19.2 Å². The van der Waals surface area contributed by atoms with E-state index in [0.29, 0.717) is 30.7 Å². The van der Waals surface area contributed by atoms with Gasteiger partial charge in [-0.25, -0.2) is 4.79 Å². The number of benzene rings is 1. The van der Waals surface area contributed by atoms with Gasteiger partial charge in [0, 0.05) is 12.8 Å². The summed E-state index contributed by atoms with van der Waals surface area (Å²) in [5, 5.41) is 0. The van der Waals surface area contributed by atoms with Crippen molar-refractivity contribution in [1.82, 2.24) is 0 Å². The number of ether oxygens (including phenoxy) is 5. The molecule has 2 N–H and O–H groups in total. The zero-order chi connectivity index (χ0) is 30.7. The highest BCUT2D eigenvalue weighted by Gasteiger charge is 2.37. The molecular weight excluding hydrogens is 518 g/mol. The molecule has 0 aromatic heterocycles.